The van der Waals surface area contributed by atoms with E-state index in [1.807, 2.05) is 6.07 Å². The lowest BCUT2D eigenvalue weighted by Gasteiger charge is -2.28. The fourth-order valence-corrected chi connectivity index (χ4v) is 3.22. The molecule has 0 unspecified atom stereocenters. The fourth-order valence-electron chi connectivity index (χ4n) is 2.66. The first-order valence-electron chi connectivity index (χ1n) is 9.02. The van der Waals surface area contributed by atoms with Gasteiger partial charge in [0.2, 0.25) is 9.54 Å². The highest BCUT2D eigenvalue weighted by atomic mass is 35.6. The zero-order chi connectivity index (χ0) is 23.9. The van der Waals surface area contributed by atoms with Crippen LogP contribution in [-0.2, 0) is 0 Å². The Morgan fingerprint density at radius 3 is 1.97 bits per heavy atom. The van der Waals surface area contributed by atoms with Gasteiger partial charge in [0.25, 0.3) is 5.91 Å². The van der Waals surface area contributed by atoms with Crippen LogP contribution in [-0.4, -0.2) is 49.4 Å². The van der Waals surface area contributed by atoms with Crippen molar-refractivity contribution in [2.45, 2.75) is 9.96 Å². The number of methoxy groups -OCH3 is 4. The maximum absolute atomic E-state index is 12.9. The molecule has 1 amide bonds. The number of alkyl halides is 3. The van der Waals surface area contributed by atoms with Gasteiger partial charge in [0.05, 0.1) is 34.1 Å². The third-order valence-electron chi connectivity index (χ3n) is 4.16. The van der Waals surface area contributed by atoms with E-state index in [1.165, 1.54) is 40.6 Å². The lowest BCUT2D eigenvalue weighted by Crippen LogP contribution is -2.56. The van der Waals surface area contributed by atoms with Crippen LogP contribution in [0.25, 0.3) is 0 Å². The van der Waals surface area contributed by atoms with Crippen molar-refractivity contribution in [2.24, 2.45) is 0 Å². The molecule has 0 aromatic heterocycles. The van der Waals surface area contributed by atoms with Gasteiger partial charge in [0.15, 0.2) is 16.6 Å². The Morgan fingerprint density at radius 2 is 1.47 bits per heavy atom. The van der Waals surface area contributed by atoms with Crippen LogP contribution in [0.1, 0.15) is 10.4 Å². The molecule has 0 saturated heterocycles. The second-order valence-corrected chi connectivity index (χ2v) is 8.94. The van der Waals surface area contributed by atoms with E-state index in [4.69, 9.17) is 66.0 Å². The Bertz CT molecular complexity index is 947. The molecule has 0 aliphatic carbocycles. The zero-order valence-electron chi connectivity index (χ0n) is 17.6. The topological polar surface area (TPSA) is 90.1 Å². The first kappa shape index (κ1) is 25.9. The number of anilines is 1. The summed E-state index contributed by atoms with van der Waals surface area (Å²) in [6.45, 7) is 0. The number of nitrogens with one attached hydrogen (secondary N) is 3. The summed E-state index contributed by atoms with van der Waals surface area (Å²) >= 11 is 23.5. The molecule has 0 aliphatic heterocycles. The summed E-state index contributed by atoms with van der Waals surface area (Å²) in [5, 5.41) is 8.42. The van der Waals surface area contributed by atoms with Crippen molar-refractivity contribution in [3.63, 3.8) is 0 Å². The van der Waals surface area contributed by atoms with Gasteiger partial charge in [-0.25, -0.2) is 0 Å². The molecule has 0 heterocycles. The molecule has 0 bridgehead atoms. The molecule has 174 valence electrons. The van der Waals surface area contributed by atoms with Crippen LogP contribution in [0.4, 0.5) is 5.69 Å². The van der Waals surface area contributed by atoms with Crippen molar-refractivity contribution >= 4 is 63.7 Å². The third kappa shape index (κ3) is 6.59. The van der Waals surface area contributed by atoms with Crippen LogP contribution in [0.15, 0.2) is 36.4 Å². The quantitative estimate of drug-likeness (QED) is 0.271. The monoisotopic (exact) mass is 521 g/mol. The number of thiocarbonyl (C=S) groups is 1. The molecule has 0 fully saturated rings. The minimum atomic E-state index is -1.94. The molecule has 0 aliphatic rings. The molecule has 1 atom stereocenters. The Labute approximate surface area is 206 Å². The first-order valence-corrected chi connectivity index (χ1v) is 10.6. The largest absolute Gasteiger partial charge is 0.495 e. The summed E-state index contributed by atoms with van der Waals surface area (Å²) in [5.41, 5.74) is 0.774. The van der Waals surface area contributed by atoms with E-state index in [2.05, 4.69) is 16.0 Å². The van der Waals surface area contributed by atoms with Crippen molar-refractivity contribution in [3.8, 4) is 23.0 Å². The lowest BCUT2D eigenvalue weighted by atomic mass is 10.1. The van der Waals surface area contributed by atoms with E-state index in [0.29, 0.717) is 28.7 Å². The number of hydrogen-bond acceptors (Lipinski definition) is 6. The second-order valence-electron chi connectivity index (χ2n) is 6.16. The summed E-state index contributed by atoms with van der Waals surface area (Å²) in [7, 11) is 5.86. The minimum absolute atomic E-state index is 0.0935. The first-order chi connectivity index (χ1) is 15.1. The number of carbonyl (C=O) groups excluding carboxylic acids is 1. The lowest BCUT2D eigenvalue weighted by molar-refractivity contribution is 0.0933. The van der Waals surface area contributed by atoms with Gasteiger partial charge in [0, 0.05) is 5.56 Å². The van der Waals surface area contributed by atoms with E-state index >= 15 is 0 Å². The molecule has 0 spiro atoms. The molecule has 2 aromatic rings. The van der Waals surface area contributed by atoms with E-state index in [0.717, 1.165) is 0 Å². The van der Waals surface area contributed by atoms with Crippen LogP contribution in [0.2, 0.25) is 0 Å². The summed E-state index contributed by atoms with van der Waals surface area (Å²) in [5.74, 6) is 0.911. The predicted octanol–water partition coefficient (Wildman–Crippen LogP) is 4.13. The zero-order valence-corrected chi connectivity index (χ0v) is 20.7. The number of carbonyl (C=O) groups is 1. The van der Waals surface area contributed by atoms with Crippen LogP contribution >= 0.6 is 47.0 Å². The van der Waals surface area contributed by atoms with E-state index in [1.54, 1.807) is 18.2 Å². The number of benzene rings is 2. The molecule has 3 N–H and O–H groups in total. The molecule has 8 nitrogen and oxygen atoms in total. The summed E-state index contributed by atoms with van der Waals surface area (Å²) < 4.78 is 19.1. The van der Waals surface area contributed by atoms with E-state index < -0.39 is 15.9 Å². The Morgan fingerprint density at radius 1 is 0.906 bits per heavy atom. The molecule has 0 saturated carbocycles. The Hall–Kier alpha value is -2.33. The molecule has 12 heteroatoms. The number of para-hydroxylation sites is 2. The van der Waals surface area contributed by atoms with Crippen molar-refractivity contribution in [3.05, 3.63) is 42.0 Å². The highest BCUT2D eigenvalue weighted by Gasteiger charge is 2.35. The van der Waals surface area contributed by atoms with Crippen molar-refractivity contribution in [2.75, 3.05) is 33.8 Å². The van der Waals surface area contributed by atoms with Gasteiger partial charge in [-0.1, -0.05) is 46.9 Å². The maximum Gasteiger partial charge on any atom is 0.253 e. The van der Waals surface area contributed by atoms with Crippen molar-refractivity contribution in [1.82, 2.24) is 10.6 Å². The number of ether oxygens (including phenoxy) is 4. The average molecular weight is 523 g/mol. The highest BCUT2D eigenvalue weighted by molar-refractivity contribution is 7.80. The van der Waals surface area contributed by atoms with Crippen molar-refractivity contribution < 1.29 is 23.7 Å². The average Bonchev–Trinajstić information content (AvgIpc) is 2.77. The molecule has 2 rings (SSSR count). The SMILES string of the molecule is COc1ccccc1NC(=S)N[C@@H](NC(=O)c1cc(OC)c(OC)c(OC)c1)C(Cl)(Cl)Cl. The van der Waals surface area contributed by atoms with Crippen molar-refractivity contribution in [1.29, 1.82) is 0 Å². The summed E-state index contributed by atoms with van der Waals surface area (Å²) in [6.07, 6.45) is -1.19. The van der Waals surface area contributed by atoms with Gasteiger partial charge in [0.1, 0.15) is 11.9 Å². The minimum Gasteiger partial charge on any atom is -0.495 e. The summed E-state index contributed by atoms with van der Waals surface area (Å²) in [4.78, 5) is 12.9. The van der Waals surface area contributed by atoms with Gasteiger partial charge in [-0.05, 0) is 36.5 Å². The standard InChI is InChI=1S/C20H22Cl3N3O5S/c1-28-13-8-6-5-7-12(13)24-19(32)26-18(20(21,22)23)25-17(27)11-9-14(29-2)16(31-4)15(10-11)30-3/h5-10,18H,1-4H3,(H,25,27)(H2,24,26,32)/t18-/m1/s1. The smallest absolute Gasteiger partial charge is 0.253 e. The number of amides is 1. The predicted molar refractivity (Wildman–Crippen MR) is 130 cm³/mol. The number of rotatable bonds is 8. The number of hydrogen-bond donors (Lipinski definition) is 3. The van der Waals surface area contributed by atoms with Crippen LogP contribution in [0, 0.1) is 0 Å². The normalized spacial score (nSPS) is 11.7. The Kier molecular flexibility index (Phi) is 9.33. The molecule has 0 radical (unpaired) electrons. The van der Waals surface area contributed by atoms with Gasteiger partial charge in [-0.15, -0.1) is 0 Å². The van der Waals surface area contributed by atoms with E-state index in [9.17, 15) is 4.79 Å². The Balaban J connectivity index is 2.22. The second kappa shape index (κ2) is 11.5. The number of halogens is 3. The molecule has 32 heavy (non-hydrogen) atoms. The van der Waals surface area contributed by atoms with Gasteiger partial charge >= 0.3 is 0 Å². The molecular formula is C20H22Cl3N3O5S. The van der Waals surface area contributed by atoms with Gasteiger partial charge in [-0.2, -0.15) is 0 Å². The van der Waals surface area contributed by atoms with Crippen LogP contribution in [0.5, 0.6) is 23.0 Å². The third-order valence-corrected chi connectivity index (χ3v) is 5.03. The van der Waals surface area contributed by atoms with Gasteiger partial charge in [-0.3, -0.25) is 4.79 Å². The van der Waals surface area contributed by atoms with E-state index in [-0.39, 0.29) is 10.7 Å². The maximum atomic E-state index is 12.9. The molecular weight excluding hydrogens is 501 g/mol. The van der Waals surface area contributed by atoms with Gasteiger partial charge < -0.3 is 34.9 Å². The molecule has 2 aromatic carbocycles. The summed E-state index contributed by atoms with van der Waals surface area (Å²) in [6, 6.07) is 10.1. The fraction of sp³-hybridized carbons (Fsp3) is 0.300. The van der Waals surface area contributed by atoms with Crippen LogP contribution < -0.4 is 34.9 Å². The van der Waals surface area contributed by atoms with Crippen LogP contribution in [0.3, 0.4) is 0 Å². The highest BCUT2D eigenvalue weighted by Crippen LogP contribution is 2.38.